The highest BCUT2D eigenvalue weighted by molar-refractivity contribution is 5.07. The topological polar surface area (TPSA) is 24.5 Å². The van der Waals surface area contributed by atoms with E-state index in [4.69, 9.17) is 4.74 Å². The fraction of sp³-hybridized carbons (Fsp3) is 1.00. The zero-order valence-electron chi connectivity index (χ0n) is 12.2. The van der Waals surface area contributed by atoms with Crippen LogP contribution in [0.15, 0.2) is 0 Å². The van der Waals surface area contributed by atoms with Gasteiger partial charge in [-0.05, 0) is 56.8 Å². The van der Waals surface area contributed by atoms with Crippen molar-refractivity contribution < 1.29 is 4.74 Å². The van der Waals surface area contributed by atoms with E-state index < -0.39 is 0 Å². The van der Waals surface area contributed by atoms with Crippen LogP contribution in [-0.4, -0.2) is 49.3 Å². The molecule has 0 spiro atoms. The maximum atomic E-state index is 5.59. The molecule has 2 saturated carbocycles. The molecular formula is C16H28N2O. The van der Waals surface area contributed by atoms with Crippen LogP contribution in [-0.2, 0) is 4.74 Å². The third-order valence-corrected chi connectivity index (χ3v) is 6.01. The predicted molar refractivity (Wildman–Crippen MR) is 76.1 cm³/mol. The predicted octanol–water partition coefficient (Wildman–Crippen LogP) is 1.88. The van der Waals surface area contributed by atoms with E-state index >= 15 is 0 Å². The van der Waals surface area contributed by atoms with Crippen LogP contribution in [0.1, 0.15) is 39.0 Å². The van der Waals surface area contributed by atoms with E-state index in [1.165, 1.54) is 51.7 Å². The minimum Gasteiger partial charge on any atom is -0.381 e. The molecule has 3 heteroatoms. The number of hydrogen-bond donors (Lipinski definition) is 1. The van der Waals surface area contributed by atoms with Crippen LogP contribution in [0.2, 0.25) is 0 Å². The lowest BCUT2D eigenvalue weighted by Gasteiger charge is -2.49. The Bertz CT molecular complexity index is 332. The lowest BCUT2D eigenvalue weighted by molar-refractivity contribution is 0.0162. The highest BCUT2D eigenvalue weighted by Gasteiger charge is 2.50. The summed E-state index contributed by atoms with van der Waals surface area (Å²) in [4.78, 5) is 2.85. The van der Waals surface area contributed by atoms with Gasteiger partial charge in [-0.25, -0.2) is 0 Å². The molecule has 108 valence electrons. The summed E-state index contributed by atoms with van der Waals surface area (Å²) in [5.74, 6) is 2.71. The van der Waals surface area contributed by atoms with Crippen LogP contribution in [0, 0.1) is 17.8 Å². The minimum absolute atomic E-state index is 0.425. The Morgan fingerprint density at radius 3 is 2.68 bits per heavy atom. The molecule has 0 amide bonds. The highest BCUT2D eigenvalue weighted by atomic mass is 16.5. The average Bonchev–Trinajstić information content (AvgIpc) is 3.31. The summed E-state index contributed by atoms with van der Waals surface area (Å²) < 4.78 is 5.59. The van der Waals surface area contributed by atoms with Crippen molar-refractivity contribution in [2.75, 3.05) is 32.8 Å². The second-order valence-electron chi connectivity index (χ2n) is 7.59. The molecule has 1 N–H and O–H groups in total. The molecular weight excluding hydrogens is 236 g/mol. The second-order valence-corrected chi connectivity index (χ2v) is 7.59. The molecule has 3 unspecified atom stereocenters. The first kappa shape index (κ1) is 12.6. The summed E-state index contributed by atoms with van der Waals surface area (Å²) in [6.45, 7) is 8.27. The van der Waals surface area contributed by atoms with E-state index in [0.29, 0.717) is 5.54 Å². The SMILES string of the molecule is CC1(C2CC2)CNC(C2CC2)CN1CC1CCOC1. The molecule has 2 aliphatic carbocycles. The number of nitrogens with zero attached hydrogens (tertiary/aromatic N) is 1. The van der Waals surface area contributed by atoms with Crippen molar-refractivity contribution >= 4 is 0 Å². The van der Waals surface area contributed by atoms with Crippen molar-refractivity contribution in [2.24, 2.45) is 17.8 Å². The molecule has 4 rings (SSSR count). The Kier molecular flexibility index (Phi) is 3.13. The first-order chi connectivity index (χ1) is 9.25. The molecule has 0 aromatic heterocycles. The van der Waals surface area contributed by atoms with E-state index in [1.807, 2.05) is 0 Å². The average molecular weight is 264 g/mol. The maximum absolute atomic E-state index is 5.59. The largest absolute Gasteiger partial charge is 0.381 e. The Hall–Kier alpha value is -0.120. The molecule has 0 aromatic carbocycles. The van der Waals surface area contributed by atoms with Gasteiger partial charge in [-0.1, -0.05) is 0 Å². The van der Waals surface area contributed by atoms with E-state index in [9.17, 15) is 0 Å². The molecule has 0 aromatic rings. The summed E-state index contributed by atoms with van der Waals surface area (Å²) in [6.07, 6.45) is 7.09. The molecule has 3 atom stereocenters. The molecule has 0 radical (unpaired) electrons. The van der Waals surface area contributed by atoms with Crippen molar-refractivity contribution in [1.29, 1.82) is 0 Å². The number of hydrogen-bond acceptors (Lipinski definition) is 3. The van der Waals surface area contributed by atoms with Gasteiger partial charge in [-0.15, -0.1) is 0 Å². The van der Waals surface area contributed by atoms with Gasteiger partial charge in [0.05, 0.1) is 6.61 Å². The molecule has 4 fully saturated rings. The summed E-state index contributed by atoms with van der Waals surface area (Å²) in [7, 11) is 0. The van der Waals surface area contributed by atoms with Crippen LogP contribution in [0.25, 0.3) is 0 Å². The Morgan fingerprint density at radius 1 is 1.21 bits per heavy atom. The van der Waals surface area contributed by atoms with Crippen LogP contribution in [0.4, 0.5) is 0 Å². The standard InChI is InChI=1S/C16H28N2O/c1-16(14-4-5-14)11-17-15(13-2-3-13)9-18(16)8-12-6-7-19-10-12/h12-15,17H,2-11H2,1H3. The number of nitrogens with one attached hydrogen (secondary N) is 1. The molecule has 2 heterocycles. The van der Waals surface area contributed by atoms with Crippen LogP contribution in [0.5, 0.6) is 0 Å². The van der Waals surface area contributed by atoms with Gasteiger partial charge < -0.3 is 10.1 Å². The number of rotatable bonds is 4. The molecule has 19 heavy (non-hydrogen) atoms. The minimum atomic E-state index is 0.425. The zero-order chi connectivity index (χ0) is 12.9. The molecule has 2 aliphatic heterocycles. The zero-order valence-corrected chi connectivity index (χ0v) is 12.2. The van der Waals surface area contributed by atoms with Gasteiger partial charge in [0, 0.05) is 37.8 Å². The first-order valence-corrected chi connectivity index (χ1v) is 8.32. The fourth-order valence-electron chi connectivity index (χ4n) is 4.20. The monoisotopic (exact) mass is 264 g/mol. The molecule has 0 bridgehead atoms. The molecule has 4 aliphatic rings. The van der Waals surface area contributed by atoms with Crippen LogP contribution >= 0.6 is 0 Å². The summed E-state index contributed by atoms with van der Waals surface area (Å²) in [6, 6.07) is 0.772. The normalized spacial score (nSPS) is 44.7. The van der Waals surface area contributed by atoms with Gasteiger partial charge in [0.15, 0.2) is 0 Å². The van der Waals surface area contributed by atoms with E-state index in [1.54, 1.807) is 0 Å². The number of piperazine rings is 1. The number of ether oxygens (including phenoxy) is 1. The van der Waals surface area contributed by atoms with Gasteiger partial charge in [0.1, 0.15) is 0 Å². The van der Waals surface area contributed by atoms with E-state index in [0.717, 1.165) is 37.0 Å². The molecule has 3 nitrogen and oxygen atoms in total. The summed E-state index contributed by atoms with van der Waals surface area (Å²) in [5.41, 5.74) is 0.425. The third kappa shape index (κ3) is 2.45. The first-order valence-electron chi connectivity index (χ1n) is 8.32. The molecule has 2 saturated heterocycles. The van der Waals surface area contributed by atoms with Crippen molar-refractivity contribution in [2.45, 2.75) is 50.6 Å². The van der Waals surface area contributed by atoms with Crippen LogP contribution < -0.4 is 5.32 Å². The Morgan fingerprint density at radius 2 is 2.05 bits per heavy atom. The lowest BCUT2D eigenvalue weighted by Crippen LogP contribution is -2.65. The van der Waals surface area contributed by atoms with Crippen molar-refractivity contribution in [3.8, 4) is 0 Å². The fourth-order valence-corrected chi connectivity index (χ4v) is 4.20. The van der Waals surface area contributed by atoms with Crippen molar-refractivity contribution in [3.63, 3.8) is 0 Å². The van der Waals surface area contributed by atoms with Gasteiger partial charge in [-0.3, -0.25) is 4.90 Å². The lowest BCUT2D eigenvalue weighted by atomic mass is 9.87. The smallest absolute Gasteiger partial charge is 0.0507 e. The van der Waals surface area contributed by atoms with Gasteiger partial charge in [-0.2, -0.15) is 0 Å². The Balaban J connectivity index is 1.46. The third-order valence-electron chi connectivity index (χ3n) is 6.01. The van der Waals surface area contributed by atoms with E-state index in [-0.39, 0.29) is 0 Å². The second kappa shape index (κ2) is 4.71. The van der Waals surface area contributed by atoms with Gasteiger partial charge >= 0.3 is 0 Å². The van der Waals surface area contributed by atoms with Gasteiger partial charge in [0.2, 0.25) is 0 Å². The van der Waals surface area contributed by atoms with Gasteiger partial charge in [0.25, 0.3) is 0 Å². The van der Waals surface area contributed by atoms with E-state index in [2.05, 4.69) is 17.1 Å². The van der Waals surface area contributed by atoms with Crippen molar-refractivity contribution in [3.05, 3.63) is 0 Å². The summed E-state index contributed by atoms with van der Waals surface area (Å²) >= 11 is 0. The Labute approximate surface area is 117 Å². The van der Waals surface area contributed by atoms with Crippen molar-refractivity contribution in [1.82, 2.24) is 10.2 Å². The highest BCUT2D eigenvalue weighted by Crippen LogP contribution is 2.46. The van der Waals surface area contributed by atoms with Crippen LogP contribution in [0.3, 0.4) is 0 Å². The quantitative estimate of drug-likeness (QED) is 0.839. The summed E-state index contributed by atoms with van der Waals surface area (Å²) in [5, 5.41) is 3.87. The maximum Gasteiger partial charge on any atom is 0.0507 e.